The van der Waals surface area contributed by atoms with E-state index in [9.17, 15) is 9.90 Å². The van der Waals surface area contributed by atoms with Crippen LogP contribution < -0.4 is 5.32 Å². The molecule has 1 aliphatic rings. The Morgan fingerprint density at radius 1 is 1.12 bits per heavy atom. The summed E-state index contributed by atoms with van der Waals surface area (Å²) >= 11 is 0. The van der Waals surface area contributed by atoms with Crippen molar-refractivity contribution in [3.8, 4) is 0 Å². The van der Waals surface area contributed by atoms with Gasteiger partial charge in [0.25, 0.3) is 0 Å². The Morgan fingerprint density at radius 2 is 1.65 bits per heavy atom. The molecule has 100 valence electrons. The van der Waals surface area contributed by atoms with E-state index in [1.807, 2.05) is 0 Å². The van der Waals surface area contributed by atoms with Crippen molar-refractivity contribution in [2.45, 2.75) is 65.5 Å². The first-order valence-corrected chi connectivity index (χ1v) is 6.92. The summed E-state index contributed by atoms with van der Waals surface area (Å²) in [7, 11) is 0. The predicted octanol–water partition coefficient (Wildman–Crippen LogP) is 2.33. The number of nitrogens with one attached hydrogen (secondary N) is 1. The van der Waals surface area contributed by atoms with Crippen LogP contribution in [-0.2, 0) is 4.79 Å². The first-order chi connectivity index (χ1) is 7.93. The van der Waals surface area contributed by atoms with Gasteiger partial charge >= 0.3 is 0 Å². The van der Waals surface area contributed by atoms with Gasteiger partial charge in [-0.3, -0.25) is 4.79 Å². The van der Waals surface area contributed by atoms with Gasteiger partial charge in [0.05, 0.1) is 12.1 Å². The van der Waals surface area contributed by atoms with Gasteiger partial charge in [-0.15, -0.1) is 0 Å². The zero-order valence-corrected chi connectivity index (χ0v) is 11.6. The van der Waals surface area contributed by atoms with E-state index in [-0.39, 0.29) is 24.0 Å². The van der Waals surface area contributed by atoms with Gasteiger partial charge in [0.1, 0.15) is 0 Å². The van der Waals surface area contributed by atoms with E-state index in [4.69, 9.17) is 0 Å². The molecule has 1 aliphatic carbocycles. The SMILES string of the molecule is CC(C)C(C(=O)N[C@H]1CCCC[C@@H]1O)C(C)C. The van der Waals surface area contributed by atoms with E-state index < -0.39 is 0 Å². The lowest BCUT2D eigenvalue weighted by Crippen LogP contribution is -2.48. The Hall–Kier alpha value is -0.570. The second kappa shape index (κ2) is 6.39. The third kappa shape index (κ3) is 3.98. The number of hydrogen-bond donors (Lipinski definition) is 2. The Kier molecular flexibility index (Phi) is 5.44. The highest BCUT2D eigenvalue weighted by Gasteiger charge is 2.30. The van der Waals surface area contributed by atoms with Crippen molar-refractivity contribution in [2.75, 3.05) is 0 Å². The lowest BCUT2D eigenvalue weighted by atomic mass is 9.84. The van der Waals surface area contributed by atoms with Crippen LogP contribution in [0.25, 0.3) is 0 Å². The van der Waals surface area contributed by atoms with Crippen LogP contribution in [0.15, 0.2) is 0 Å². The monoisotopic (exact) mass is 241 g/mol. The summed E-state index contributed by atoms with van der Waals surface area (Å²) in [6.07, 6.45) is 3.56. The minimum Gasteiger partial charge on any atom is -0.391 e. The lowest BCUT2D eigenvalue weighted by molar-refractivity contribution is -0.129. The minimum atomic E-state index is -0.354. The molecule has 17 heavy (non-hydrogen) atoms. The summed E-state index contributed by atoms with van der Waals surface area (Å²) in [5, 5.41) is 12.9. The second-order valence-corrected chi connectivity index (χ2v) is 5.98. The fourth-order valence-corrected chi connectivity index (χ4v) is 2.93. The molecule has 0 aromatic rings. The number of hydrogen-bond acceptors (Lipinski definition) is 2. The molecule has 2 atom stereocenters. The van der Waals surface area contributed by atoms with Gasteiger partial charge < -0.3 is 10.4 Å². The van der Waals surface area contributed by atoms with Crippen LogP contribution in [-0.4, -0.2) is 23.2 Å². The third-order valence-corrected chi connectivity index (χ3v) is 3.80. The maximum Gasteiger partial charge on any atom is 0.223 e. The molecule has 0 aliphatic heterocycles. The topological polar surface area (TPSA) is 49.3 Å². The van der Waals surface area contributed by atoms with Gasteiger partial charge in [-0.1, -0.05) is 40.5 Å². The van der Waals surface area contributed by atoms with Crippen molar-refractivity contribution >= 4 is 5.91 Å². The molecule has 1 amide bonds. The number of carbonyl (C=O) groups excluding carboxylic acids is 1. The fraction of sp³-hybridized carbons (Fsp3) is 0.929. The van der Waals surface area contributed by atoms with Crippen molar-refractivity contribution < 1.29 is 9.90 Å². The maximum atomic E-state index is 12.2. The van der Waals surface area contributed by atoms with Crippen LogP contribution in [0.3, 0.4) is 0 Å². The Labute approximate surface area is 105 Å². The van der Waals surface area contributed by atoms with E-state index in [1.54, 1.807) is 0 Å². The van der Waals surface area contributed by atoms with Crippen LogP contribution in [0.5, 0.6) is 0 Å². The molecule has 0 bridgehead atoms. The summed E-state index contributed by atoms with van der Waals surface area (Å²) in [5.41, 5.74) is 0. The molecule has 0 aromatic heterocycles. The standard InChI is InChI=1S/C14H27NO2/c1-9(2)13(10(3)4)14(17)15-11-7-5-6-8-12(11)16/h9-13,16H,5-8H2,1-4H3,(H,15,17)/t11-,12-/m0/s1. The van der Waals surface area contributed by atoms with Crippen molar-refractivity contribution in [3.63, 3.8) is 0 Å². The molecule has 1 rings (SSSR count). The van der Waals surface area contributed by atoms with Crippen LogP contribution >= 0.6 is 0 Å². The van der Waals surface area contributed by atoms with Gasteiger partial charge in [0.15, 0.2) is 0 Å². The average molecular weight is 241 g/mol. The predicted molar refractivity (Wildman–Crippen MR) is 69.6 cm³/mol. The van der Waals surface area contributed by atoms with Crippen LogP contribution in [0.2, 0.25) is 0 Å². The molecule has 1 fully saturated rings. The first kappa shape index (κ1) is 14.5. The Bertz CT molecular complexity index is 243. The zero-order chi connectivity index (χ0) is 13.0. The normalized spacial score (nSPS) is 25.6. The van der Waals surface area contributed by atoms with Gasteiger partial charge in [-0.05, 0) is 24.7 Å². The van der Waals surface area contributed by atoms with E-state index in [2.05, 4.69) is 33.0 Å². The summed E-state index contributed by atoms with van der Waals surface area (Å²) in [4.78, 5) is 12.2. The van der Waals surface area contributed by atoms with E-state index >= 15 is 0 Å². The van der Waals surface area contributed by atoms with Crippen molar-refractivity contribution in [1.82, 2.24) is 5.32 Å². The fourth-order valence-electron chi connectivity index (χ4n) is 2.93. The molecule has 0 heterocycles. The number of aliphatic hydroxyl groups excluding tert-OH is 1. The molecule has 1 saturated carbocycles. The van der Waals surface area contributed by atoms with Crippen molar-refractivity contribution in [1.29, 1.82) is 0 Å². The third-order valence-electron chi connectivity index (χ3n) is 3.80. The quantitative estimate of drug-likeness (QED) is 0.793. The lowest BCUT2D eigenvalue weighted by Gasteiger charge is -2.32. The summed E-state index contributed by atoms with van der Waals surface area (Å²) in [6.45, 7) is 8.34. The maximum absolute atomic E-state index is 12.2. The second-order valence-electron chi connectivity index (χ2n) is 5.98. The first-order valence-electron chi connectivity index (χ1n) is 6.92. The van der Waals surface area contributed by atoms with Crippen LogP contribution in [0.4, 0.5) is 0 Å². The van der Waals surface area contributed by atoms with Crippen LogP contribution in [0, 0.1) is 17.8 Å². The molecular weight excluding hydrogens is 214 g/mol. The highest BCUT2D eigenvalue weighted by atomic mass is 16.3. The van der Waals surface area contributed by atoms with Crippen molar-refractivity contribution in [2.24, 2.45) is 17.8 Å². The zero-order valence-electron chi connectivity index (χ0n) is 11.6. The van der Waals surface area contributed by atoms with Gasteiger partial charge in [0.2, 0.25) is 5.91 Å². The van der Waals surface area contributed by atoms with Gasteiger partial charge in [0, 0.05) is 5.92 Å². The average Bonchev–Trinajstić information content (AvgIpc) is 2.20. The van der Waals surface area contributed by atoms with Crippen LogP contribution in [0.1, 0.15) is 53.4 Å². The molecule has 0 aromatic carbocycles. The van der Waals surface area contributed by atoms with Gasteiger partial charge in [-0.2, -0.15) is 0 Å². The Morgan fingerprint density at radius 3 is 2.12 bits per heavy atom. The minimum absolute atomic E-state index is 0.0313. The molecule has 3 heteroatoms. The number of carbonyl (C=O) groups is 1. The highest BCUT2D eigenvalue weighted by Crippen LogP contribution is 2.23. The molecule has 3 nitrogen and oxygen atoms in total. The van der Waals surface area contributed by atoms with E-state index in [1.165, 1.54) is 0 Å². The molecule has 0 radical (unpaired) electrons. The molecule has 0 spiro atoms. The Balaban J connectivity index is 2.56. The molecule has 0 unspecified atom stereocenters. The number of amides is 1. The van der Waals surface area contributed by atoms with E-state index in [0.717, 1.165) is 25.7 Å². The number of aliphatic hydroxyl groups is 1. The number of rotatable bonds is 4. The summed E-state index contributed by atoms with van der Waals surface area (Å²) < 4.78 is 0. The van der Waals surface area contributed by atoms with Crippen molar-refractivity contribution in [3.05, 3.63) is 0 Å². The van der Waals surface area contributed by atoms with Gasteiger partial charge in [-0.25, -0.2) is 0 Å². The smallest absolute Gasteiger partial charge is 0.223 e. The largest absolute Gasteiger partial charge is 0.391 e. The molecule has 0 saturated heterocycles. The summed E-state index contributed by atoms with van der Waals surface area (Å²) in [5.74, 6) is 0.844. The molecular formula is C14H27NO2. The molecule has 2 N–H and O–H groups in total. The van der Waals surface area contributed by atoms with E-state index in [0.29, 0.717) is 11.8 Å². The highest BCUT2D eigenvalue weighted by molar-refractivity contribution is 5.79. The summed E-state index contributed by atoms with van der Waals surface area (Å²) in [6, 6.07) is -0.0313.